The molecule has 0 nitrogen and oxygen atoms in total. The van der Waals surface area contributed by atoms with Crippen molar-refractivity contribution in [3.63, 3.8) is 0 Å². The largest absolute Gasteiger partial charge is 0.205 e. The van der Waals surface area contributed by atoms with Gasteiger partial charge < -0.3 is 0 Å². The van der Waals surface area contributed by atoms with Crippen molar-refractivity contribution in [2.45, 2.75) is 78.1 Å². The molecule has 0 amide bonds. The fraction of sp³-hybridized carbons (Fsp3) is 0.316. The van der Waals surface area contributed by atoms with Crippen LogP contribution in [0.15, 0.2) is 91.0 Å². The van der Waals surface area contributed by atoms with E-state index in [0.29, 0.717) is 10.9 Å². The fourth-order valence-electron chi connectivity index (χ4n) is 5.00. The Bertz CT molecular complexity index is 1410. The van der Waals surface area contributed by atoms with E-state index in [1.807, 2.05) is 18.2 Å². The molecule has 4 rings (SSSR count). The predicted octanol–water partition coefficient (Wildman–Crippen LogP) is 10.2. The van der Waals surface area contributed by atoms with E-state index in [9.17, 15) is 0 Å². The lowest BCUT2D eigenvalue weighted by molar-refractivity contribution is 0.632. The summed E-state index contributed by atoms with van der Waals surface area (Å²) in [6, 6.07) is 27.2. The Balaban J connectivity index is 1.35. The Labute approximate surface area is 235 Å². The van der Waals surface area contributed by atoms with Gasteiger partial charge in [-0.1, -0.05) is 117 Å². The predicted molar refractivity (Wildman–Crippen MR) is 166 cm³/mol. The molecule has 0 fully saturated rings. The van der Waals surface area contributed by atoms with Crippen LogP contribution in [0.1, 0.15) is 85.8 Å². The van der Waals surface area contributed by atoms with Crippen molar-refractivity contribution in [1.29, 1.82) is 0 Å². The second kappa shape index (κ2) is 15.1. The summed E-state index contributed by atoms with van der Waals surface area (Å²) < 4.78 is 15.3. The van der Waals surface area contributed by atoms with Gasteiger partial charge in [-0.25, -0.2) is 4.39 Å². The second-order valence-corrected chi connectivity index (χ2v) is 10.5. The Morgan fingerprint density at radius 2 is 1.28 bits per heavy atom. The number of rotatable bonds is 12. The van der Waals surface area contributed by atoms with Gasteiger partial charge in [-0.15, -0.1) is 0 Å². The molecular formula is C38H41F. The van der Waals surface area contributed by atoms with Crippen LogP contribution >= 0.6 is 0 Å². The first-order valence-corrected chi connectivity index (χ1v) is 14.7. The normalized spacial score (nSPS) is 11.2. The molecule has 0 aliphatic carbocycles. The molecule has 0 N–H and O–H groups in total. The molecule has 0 bridgehead atoms. The van der Waals surface area contributed by atoms with Gasteiger partial charge in [-0.05, 0) is 91.3 Å². The highest BCUT2D eigenvalue weighted by Crippen LogP contribution is 2.23. The first-order chi connectivity index (χ1) is 19.2. The van der Waals surface area contributed by atoms with Crippen LogP contribution in [0.3, 0.4) is 0 Å². The molecule has 0 radical (unpaired) electrons. The monoisotopic (exact) mass is 516 g/mol. The fourth-order valence-corrected chi connectivity index (χ4v) is 5.00. The van der Waals surface area contributed by atoms with E-state index in [4.69, 9.17) is 0 Å². The quantitative estimate of drug-likeness (QED) is 0.0998. The van der Waals surface area contributed by atoms with Crippen LogP contribution in [0.4, 0.5) is 4.39 Å². The molecular weight excluding hydrogens is 475 g/mol. The SMILES string of the molecule is C/C=C/CCc1ccc(CCc2ccc3c(F)c(C#Cc4ccc(CCCCCCC)cc4)ccc3c2)cc1. The van der Waals surface area contributed by atoms with Crippen LogP contribution < -0.4 is 0 Å². The maximum atomic E-state index is 15.3. The summed E-state index contributed by atoms with van der Waals surface area (Å²) in [6.45, 7) is 4.31. The maximum absolute atomic E-state index is 15.3. The Hall–Kier alpha value is -3.63. The molecule has 0 saturated carbocycles. The Morgan fingerprint density at radius 1 is 0.641 bits per heavy atom. The number of benzene rings is 4. The van der Waals surface area contributed by atoms with E-state index < -0.39 is 0 Å². The molecule has 0 saturated heterocycles. The molecule has 4 aromatic carbocycles. The summed E-state index contributed by atoms with van der Waals surface area (Å²) in [5, 5.41) is 1.56. The summed E-state index contributed by atoms with van der Waals surface area (Å²) in [7, 11) is 0. The number of unbranched alkanes of at least 4 members (excludes halogenated alkanes) is 4. The number of hydrogen-bond acceptors (Lipinski definition) is 0. The Morgan fingerprint density at radius 3 is 2.03 bits per heavy atom. The Kier molecular flexibility index (Phi) is 11.0. The zero-order valence-electron chi connectivity index (χ0n) is 23.6. The van der Waals surface area contributed by atoms with Crippen molar-refractivity contribution in [1.82, 2.24) is 0 Å². The molecule has 4 aromatic rings. The summed E-state index contributed by atoms with van der Waals surface area (Å²) >= 11 is 0. The van der Waals surface area contributed by atoms with Gasteiger partial charge in [0.15, 0.2) is 0 Å². The number of hydrogen-bond donors (Lipinski definition) is 0. The van der Waals surface area contributed by atoms with Crippen LogP contribution in [-0.4, -0.2) is 0 Å². The third-order valence-corrected chi connectivity index (χ3v) is 7.44. The minimum Gasteiger partial charge on any atom is -0.205 e. The van der Waals surface area contributed by atoms with E-state index >= 15 is 4.39 Å². The molecule has 0 spiro atoms. The van der Waals surface area contributed by atoms with Crippen LogP contribution in [0.25, 0.3) is 10.8 Å². The van der Waals surface area contributed by atoms with Gasteiger partial charge in [0.05, 0.1) is 5.56 Å². The highest BCUT2D eigenvalue weighted by Gasteiger charge is 2.07. The second-order valence-electron chi connectivity index (χ2n) is 10.5. The van der Waals surface area contributed by atoms with E-state index in [2.05, 4.69) is 98.5 Å². The van der Waals surface area contributed by atoms with Crippen molar-refractivity contribution >= 4 is 10.8 Å². The molecule has 0 aliphatic heterocycles. The van der Waals surface area contributed by atoms with Gasteiger partial charge in [0, 0.05) is 10.9 Å². The van der Waals surface area contributed by atoms with Crippen molar-refractivity contribution < 1.29 is 4.39 Å². The lowest BCUT2D eigenvalue weighted by atomic mass is 9.98. The van der Waals surface area contributed by atoms with E-state index in [1.165, 1.54) is 54.4 Å². The number of aryl methyl sites for hydroxylation is 4. The molecule has 0 aromatic heterocycles. The lowest BCUT2D eigenvalue weighted by Gasteiger charge is -2.07. The van der Waals surface area contributed by atoms with Crippen LogP contribution in [-0.2, 0) is 25.7 Å². The van der Waals surface area contributed by atoms with Crippen molar-refractivity contribution in [3.8, 4) is 11.8 Å². The zero-order valence-corrected chi connectivity index (χ0v) is 23.6. The van der Waals surface area contributed by atoms with E-state index in [1.54, 1.807) is 0 Å². The van der Waals surface area contributed by atoms with Gasteiger partial charge in [0.2, 0.25) is 0 Å². The van der Waals surface area contributed by atoms with Crippen LogP contribution in [0.2, 0.25) is 0 Å². The van der Waals surface area contributed by atoms with Gasteiger partial charge in [-0.3, -0.25) is 0 Å². The first-order valence-electron chi connectivity index (χ1n) is 14.7. The third kappa shape index (κ3) is 8.69. The molecule has 0 heterocycles. The molecule has 0 aliphatic rings. The number of allylic oxidation sites excluding steroid dienone is 2. The third-order valence-electron chi connectivity index (χ3n) is 7.44. The summed E-state index contributed by atoms with van der Waals surface area (Å²) in [4.78, 5) is 0. The minimum atomic E-state index is -0.233. The van der Waals surface area contributed by atoms with Crippen LogP contribution in [0.5, 0.6) is 0 Å². The van der Waals surface area contributed by atoms with Crippen LogP contribution in [0, 0.1) is 17.7 Å². The highest BCUT2D eigenvalue weighted by atomic mass is 19.1. The molecule has 200 valence electrons. The first kappa shape index (κ1) is 28.4. The summed E-state index contributed by atoms with van der Waals surface area (Å²) in [5.41, 5.74) is 6.66. The number of halogens is 1. The standard InChI is InChI=1S/C38H41F/c1-3-5-7-8-10-12-31-15-19-33(20-16-31)23-25-35-26-27-36-29-34(24-28-37(36)38(35)39)22-21-32-17-13-30(14-18-32)11-9-6-4-2/h4,6,13-20,24,26-29H,3,5,7-12,21-22H2,1-2H3/b6-4+. The average molecular weight is 517 g/mol. The molecule has 0 atom stereocenters. The summed E-state index contributed by atoms with van der Waals surface area (Å²) in [6.07, 6.45) is 16.0. The van der Waals surface area contributed by atoms with Gasteiger partial charge in [-0.2, -0.15) is 0 Å². The van der Waals surface area contributed by atoms with Crippen molar-refractivity contribution in [2.75, 3.05) is 0 Å². The zero-order chi connectivity index (χ0) is 27.3. The van der Waals surface area contributed by atoms with Crippen molar-refractivity contribution in [3.05, 3.63) is 130 Å². The molecule has 39 heavy (non-hydrogen) atoms. The van der Waals surface area contributed by atoms with Gasteiger partial charge >= 0.3 is 0 Å². The number of fused-ring (bicyclic) bond motifs is 1. The van der Waals surface area contributed by atoms with E-state index in [0.717, 1.165) is 43.1 Å². The summed E-state index contributed by atoms with van der Waals surface area (Å²) in [5.74, 6) is 5.98. The lowest BCUT2D eigenvalue weighted by Crippen LogP contribution is -1.94. The average Bonchev–Trinajstić information content (AvgIpc) is 2.97. The molecule has 1 heteroatoms. The van der Waals surface area contributed by atoms with E-state index in [-0.39, 0.29) is 5.82 Å². The smallest absolute Gasteiger partial charge is 0.146 e. The minimum absolute atomic E-state index is 0.233. The topological polar surface area (TPSA) is 0 Å². The highest BCUT2D eigenvalue weighted by molar-refractivity contribution is 5.85. The molecule has 0 unspecified atom stereocenters. The van der Waals surface area contributed by atoms with Gasteiger partial charge in [0.1, 0.15) is 5.82 Å². The van der Waals surface area contributed by atoms with Gasteiger partial charge in [0.25, 0.3) is 0 Å². The maximum Gasteiger partial charge on any atom is 0.146 e. The van der Waals surface area contributed by atoms with Crippen molar-refractivity contribution in [2.24, 2.45) is 0 Å².